The minimum Gasteiger partial charge on any atom is -0.396 e. The Morgan fingerprint density at radius 3 is 2.06 bits per heavy atom. The molecule has 0 saturated carbocycles. The summed E-state index contributed by atoms with van der Waals surface area (Å²) in [4.78, 5) is 2.56. The Labute approximate surface area is 183 Å². The Morgan fingerprint density at radius 2 is 1.45 bits per heavy atom. The number of hydrogen-bond donors (Lipinski definition) is 2. The number of fused-ring (bicyclic) bond motifs is 1. The van der Waals surface area contributed by atoms with Crippen LogP contribution in [0.3, 0.4) is 0 Å². The quantitative estimate of drug-likeness (QED) is 0.478. The summed E-state index contributed by atoms with van der Waals surface area (Å²) in [5.74, 6) is 1.28. The van der Waals surface area contributed by atoms with Crippen LogP contribution in [-0.2, 0) is 6.54 Å². The van der Waals surface area contributed by atoms with Gasteiger partial charge in [-0.25, -0.2) is 0 Å². The van der Waals surface area contributed by atoms with Gasteiger partial charge in [-0.15, -0.1) is 0 Å². The molecule has 3 aliphatic carbocycles. The van der Waals surface area contributed by atoms with Crippen LogP contribution in [-0.4, -0.2) is 42.8 Å². The molecular weight excluding hydrogens is 380 g/mol. The van der Waals surface area contributed by atoms with E-state index in [4.69, 9.17) is 0 Å². The van der Waals surface area contributed by atoms with Crippen LogP contribution in [0.2, 0.25) is 0 Å². The molecule has 2 unspecified atom stereocenters. The van der Waals surface area contributed by atoms with Crippen molar-refractivity contribution in [2.75, 3.05) is 32.8 Å². The highest BCUT2D eigenvalue weighted by Crippen LogP contribution is 2.55. The van der Waals surface area contributed by atoms with Gasteiger partial charge in [0.15, 0.2) is 0 Å². The summed E-state index contributed by atoms with van der Waals surface area (Å²) < 4.78 is 0. The molecule has 2 atom stereocenters. The van der Waals surface area contributed by atoms with E-state index in [9.17, 15) is 5.11 Å². The number of aliphatic hydroxyl groups is 1. The molecule has 2 fully saturated rings. The second-order valence-corrected chi connectivity index (χ2v) is 10.1. The standard InChI is InChI=1S/C28H28N2O/c31-17-28-15-29-12-19(28)14-30(16-28)13-18-9-10-24-25(11-18)27-22-7-3-1-5-20(22)26(24)21-6-2-4-8-23(21)27/h1-11,19,26-27,29,31H,12-17H2. The van der Waals surface area contributed by atoms with Gasteiger partial charge in [-0.05, 0) is 51.4 Å². The molecule has 2 bridgehead atoms. The first-order chi connectivity index (χ1) is 15.3. The first-order valence-electron chi connectivity index (χ1n) is 11.6. The van der Waals surface area contributed by atoms with Crippen LogP contribution in [0.25, 0.3) is 0 Å². The maximum absolute atomic E-state index is 10.1. The highest BCUT2D eigenvalue weighted by Gasteiger charge is 2.49. The number of rotatable bonds is 3. The summed E-state index contributed by atoms with van der Waals surface area (Å²) in [5, 5.41) is 13.6. The van der Waals surface area contributed by atoms with Gasteiger partial charge in [0, 0.05) is 43.4 Å². The molecule has 3 heteroatoms. The van der Waals surface area contributed by atoms with Crippen LogP contribution in [0.4, 0.5) is 0 Å². The number of hydrogen-bond acceptors (Lipinski definition) is 3. The van der Waals surface area contributed by atoms with Crippen molar-refractivity contribution in [3.8, 4) is 0 Å². The molecule has 0 radical (unpaired) electrons. The SMILES string of the molecule is OCC12CNCC1CN(Cc1ccc3c(c1)C1c4ccccc4C3c3ccccc31)C2. The summed E-state index contributed by atoms with van der Waals surface area (Å²) in [7, 11) is 0. The summed E-state index contributed by atoms with van der Waals surface area (Å²) in [5.41, 5.74) is 10.4. The number of nitrogens with zero attached hydrogens (tertiary/aromatic N) is 1. The van der Waals surface area contributed by atoms with Crippen molar-refractivity contribution in [2.45, 2.75) is 18.4 Å². The molecular formula is C28H28N2O. The highest BCUT2D eigenvalue weighted by atomic mass is 16.3. The van der Waals surface area contributed by atoms with E-state index in [0.717, 1.165) is 32.7 Å². The average Bonchev–Trinajstić information content (AvgIpc) is 3.36. The lowest BCUT2D eigenvalue weighted by Crippen LogP contribution is -2.35. The molecule has 2 aliphatic heterocycles. The van der Waals surface area contributed by atoms with Crippen molar-refractivity contribution in [3.63, 3.8) is 0 Å². The Bertz CT molecular complexity index is 1140. The third kappa shape index (κ3) is 2.46. The molecule has 3 aromatic rings. The molecule has 8 rings (SSSR count). The Morgan fingerprint density at radius 1 is 0.839 bits per heavy atom. The average molecular weight is 409 g/mol. The van der Waals surface area contributed by atoms with Crippen LogP contribution < -0.4 is 5.32 Å². The van der Waals surface area contributed by atoms with E-state index < -0.39 is 0 Å². The normalized spacial score (nSPS) is 30.0. The van der Waals surface area contributed by atoms with Crippen molar-refractivity contribution >= 4 is 0 Å². The molecule has 2 heterocycles. The minimum atomic E-state index is 0.0607. The fraction of sp³-hybridized carbons (Fsp3) is 0.357. The van der Waals surface area contributed by atoms with Crippen molar-refractivity contribution in [3.05, 3.63) is 106 Å². The van der Waals surface area contributed by atoms with E-state index >= 15 is 0 Å². The molecule has 31 heavy (non-hydrogen) atoms. The van der Waals surface area contributed by atoms with Crippen LogP contribution in [0.15, 0.2) is 66.7 Å². The van der Waals surface area contributed by atoms with Gasteiger partial charge in [0.2, 0.25) is 0 Å². The first kappa shape index (κ1) is 18.1. The zero-order valence-corrected chi connectivity index (χ0v) is 17.7. The second kappa shape index (κ2) is 6.52. The van der Waals surface area contributed by atoms with E-state index in [-0.39, 0.29) is 5.41 Å². The summed E-state index contributed by atoms with van der Waals surface area (Å²) in [6.07, 6.45) is 0. The van der Waals surface area contributed by atoms with E-state index in [2.05, 4.69) is 76.9 Å². The third-order valence-electron chi connectivity index (χ3n) is 8.48. The second-order valence-electron chi connectivity index (χ2n) is 10.1. The third-order valence-corrected chi connectivity index (χ3v) is 8.48. The fourth-order valence-electron chi connectivity index (χ4n) is 7.05. The van der Waals surface area contributed by atoms with Gasteiger partial charge in [0.1, 0.15) is 0 Å². The van der Waals surface area contributed by atoms with Gasteiger partial charge in [0.05, 0.1) is 6.61 Å². The van der Waals surface area contributed by atoms with Crippen LogP contribution in [0.5, 0.6) is 0 Å². The fourth-order valence-corrected chi connectivity index (χ4v) is 7.05. The van der Waals surface area contributed by atoms with Crippen molar-refractivity contribution in [1.29, 1.82) is 0 Å². The topological polar surface area (TPSA) is 35.5 Å². The molecule has 0 spiro atoms. The minimum absolute atomic E-state index is 0.0607. The summed E-state index contributed by atoms with van der Waals surface area (Å²) in [6.45, 7) is 5.35. The zero-order valence-electron chi connectivity index (χ0n) is 17.7. The van der Waals surface area contributed by atoms with Crippen molar-refractivity contribution in [1.82, 2.24) is 10.2 Å². The summed E-state index contributed by atoms with van der Waals surface area (Å²) in [6, 6.07) is 25.3. The number of aliphatic hydroxyl groups excluding tert-OH is 1. The Balaban J connectivity index is 1.26. The predicted molar refractivity (Wildman–Crippen MR) is 122 cm³/mol. The molecule has 3 nitrogen and oxygen atoms in total. The Hall–Kier alpha value is -2.46. The predicted octanol–water partition coefficient (Wildman–Crippen LogP) is 3.69. The number of likely N-dealkylation sites (tertiary alicyclic amines) is 1. The van der Waals surface area contributed by atoms with Gasteiger partial charge in [0.25, 0.3) is 0 Å². The molecule has 3 aromatic carbocycles. The monoisotopic (exact) mass is 408 g/mol. The van der Waals surface area contributed by atoms with E-state index in [0.29, 0.717) is 24.4 Å². The van der Waals surface area contributed by atoms with E-state index in [1.807, 2.05) is 0 Å². The number of nitrogens with one attached hydrogen (secondary N) is 1. The largest absolute Gasteiger partial charge is 0.396 e. The van der Waals surface area contributed by atoms with Crippen molar-refractivity contribution < 1.29 is 5.11 Å². The molecule has 2 N–H and O–H groups in total. The van der Waals surface area contributed by atoms with Gasteiger partial charge in [-0.2, -0.15) is 0 Å². The highest BCUT2D eigenvalue weighted by molar-refractivity contribution is 5.68. The van der Waals surface area contributed by atoms with E-state index in [1.54, 1.807) is 0 Å². The van der Waals surface area contributed by atoms with Crippen LogP contribution >= 0.6 is 0 Å². The maximum atomic E-state index is 10.1. The lowest BCUT2D eigenvalue weighted by Gasteiger charge is -2.42. The lowest BCUT2D eigenvalue weighted by molar-refractivity contribution is 0.124. The van der Waals surface area contributed by atoms with E-state index in [1.165, 1.54) is 38.9 Å². The first-order valence-corrected chi connectivity index (χ1v) is 11.6. The molecule has 2 saturated heterocycles. The molecule has 0 aromatic heterocycles. The molecule has 5 aliphatic rings. The van der Waals surface area contributed by atoms with Gasteiger partial charge in [-0.3, -0.25) is 4.90 Å². The maximum Gasteiger partial charge on any atom is 0.0515 e. The molecule has 156 valence electrons. The van der Waals surface area contributed by atoms with Crippen LogP contribution in [0.1, 0.15) is 50.8 Å². The number of benzene rings is 3. The van der Waals surface area contributed by atoms with Crippen LogP contribution in [0, 0.1) is 11.3 Å². The zero-order chi connectivity index (χ0) is 20.6. The van der Waals surface area contributed by atoms with Crippen molar-refractivity contribution in [2.24, 2.45) is 11.3 Å². The van der Waals surface area contributed by atoms with Gasteiger partial charge in [-0.1, -0.05) is 66.7 Å². The lowest BCUT2D eigenvalue weighted by atomic mass is 9.61. The molecule has 0 amide bonds. The smallest absolute Gasteiger partial charge is 0.0515 e. The van der Waals surface area contributed by atoms with Gasteiger partial charge < -0.3 is 10.4 Å². The summed E-state index contributed by atoms with van der Waals surface area (Å²) >= 11 is 0. The Kier molecular flexibility index (Phi) is 3.82. The van der Waals surface area contributed by atoms with Gasteiger partial charge >= 0.3 is 0 Å².